The summed E-state index contributed by atoms with van der Waals surface area (Å²) in [5.74, 6) is 0.740. The molecule has 0 atom stereocenters. The summed E-state index contributed by atoms with van der Waals surface area (Å²) in [7, 11) is -1.58. The van der Waals surface area contributed by atoms with Gasteiger partial charge < -0.3 is 4.42 Å². The number of nitrogens with zero attached hydrogens (tertiary/aromatic N) is 3. The average molecular weight is 604 g/mol. The molecule has 0 unspecified atom stereocenters. The fraction of sp³-hybridized carbons (Fsp3) is 0.0750. The molecule has 0 amide bonds. The zero-order valence-corrected chi connectivity index (χ0v) is 26.0. The van der Waals surface area contributed by atoms with Gasteiger partial charge in [-0.05, 0) is 46.1 Å². The van der Waals surface area contributed by atoms with Gasteiger partial charge in [-0.3, -0.25) is 0 Å². The van der Waals surface area contributed by atoms with Gasteiger partial charge in [0.05, 0.1) is 16.3 Å². The maximum atomic E-state index is 9.38. The van der Waals surface area contributed by atoms with E-state index in [1.165, 1.54) is 5.19 Å². The summed E-state index contributed by atoms with van der Waals surface area (Å²) in [6.07, 6.45) is 0. The molecule has 0 spiro atoms. The lowest BCUT2D eigenvalue weighted by atomic mass is 10.0. The molecule has 0 N–H and O–H groups in total. The van der Waals surface area contributed by atoms with E-state index >= 15 is 0 Å². The minimum absolute atomic E-state index is 0.0251. The van der Waals surface area contributed by atoms with Crippen LogP contribution in [0.2, 0.25) is 19.6 Å². The first-order valence-corrected chi connectivity index (χ1v) is 18.3. The van der Waals surface area contributed by atoms with Crippen LogP contribution in [-0.4, -0.2) is 23.0 Å². The standard InChI is InChI=1S/C40H31N3OSi/c1-45(2,3)31-20-16-28(17-21-31)38-41-39(43-40(42-38)34-15-9-13-27-12-7-8-14-32(27)34)30-18-22-33-35-24-29(26-10-5-4-6-11-26)19-23-36(35)44-37(33)25-30/h4-25H,1-3H3/i18D,19D,22D,23D,24D,25D. The Kier molecular flexibility index (Phi) is 5.05. The maximum Gasteiger partial charge on any atom is 0.164 e. The predicted molar refractivity (Wildman–Crippen MR) is 189 cm³/mol. The van der Waals surface area contributed by atoms with Gasteiger partial charge in [-0.15, -0.1) is 0 Å². The number of rotatable bonds is 5. The normalized spacial score (nSPS) is 13.8. The van der Waals surface area contributed by atoms with Crippen molar-refractivity contribution >= 4 is 46.0 Å². The first-order valence-electron chi connectivity index (χ1n) is 17.8. The van der Waals surface area contributed by atoms with Gasteiger partial charge in [0.25, 0.3) is 0 Å². The van der Waals surface area contributed by atoms with Crippen LogP contribution in [0, 0.1) is 0 Å². The predicted octanol–water partition coefficient (Wildman–Crippen LogP) is 10.1. The Labute approximate surface area is 271 Å². The number of benzene rings is 6. The van der Waals surface area contributed by atoms with Crippen molar-refractivity contribution in [3.63, 3.8) is 0 Å². The van der Waals surface area contributed by atoms with Crippen LogP contribution in [0.25, 0.3) is 78.0 Å². The zero-order valence-electron chi connectivity index (χ0n) is 31.0. The number of hydrogen-bond donors (Lipinski definition) is 0. The van der Waals surface area contributed by atoms with Gasteiger partial charge >= 0.3 is 0 Å². The third-order valence-corrected chi connectivity index (χ3v) is 10.0. The van der Waals surface area contributed by atoms with Crippen LogP contribution in [-0.2, 0) is 0 Å². The van der Waals surface area contributed by atoms with Crippen molar-refractivity contribution in [1.82, 2.24) is 15.0 Å². The molecule has 0 aliphatic heterocycles. The monoisotopic (exact) mass is 603 g/mol. The summed E-state index contributed by atoms with van der Waals surface area (Å²) >= 11 is 0. The molecule has 5 heteroatoms. The number of fused-ring (bicyclic) bond motifs is 4. The van der Waals surface area contributed by atoms with Crippen molar-refractivity contribution in [2.75, 3.05) is 0 Å². The van der Waals surface area contributed by atoms with Gasteiger partial charge in [-0.25, -0.2) is 15.0 Å². The van der Waals surface area contributed by atoms with Crippen LogP contribution in [0.5, 0.6) is 0 Å². The molecule has 0 saturated carbocycles. The SMILES string of the molecule is [2H]c1c(-c2ccccc2)c([2H])c2c(oc3c([2H])c(-c4nc(-c5ccc([Si](C)(C)C)cc5)nc(-c5cccc6ccccc56)n4)c([2H])c([2H])c32)c1[2H]. The van der Waals surface area contributed by atoms with Crippen LogP contribution in [0.15, 0.2) is 138 Å². The van der Waals surface area contributed by atoms with Gasteiger partial charge in [0.1, 0.15) is 11.2 Å². The lowest BCUT2D eigenvalue weighted by Gasteiger charge is -2.16. The molecule has 2 aromatic heterocycles. The molecule has 0 aliphatic rings. The van der Waals surface area contributed by atoms with E-state index in [0.717, 1.165) is 21.9 Å². The first kappa shape index (κ1) is 21.3. The molecule has 0 saturated heterocycles. The fourth-order valence-electron chi connectivity index (χ4n) is 5.53. The number of furan rings is 1. The molecule has 6 aromatic carbocycles. The highest BCUT2D eigenvalue weighted by Crippen LogP contribution is 2.35. The van der Waals surface area contributed by atoms with E-state index in [9.17, 15) is 4.11 Å². The molecule has 8 aromatic rings. The fourth-order valence-corrected chi connectivity index (χ4v) is 6.70. The zero-order chi connectivity index (χ0) is 35.8. The van der Waals surface area contributed by atoms with Gasteiger partial charge in [-0.1, -0.05) is 134 Å². The molecule has 45 heavy (non-hydrogen) atoms. The molecule has 2 heterocycles. The largest absolute Gasteiger partial charge is 0.456 e. The smallest absolute Gasteiger partial charge is 0.164 e. The van der Waals surface area contributed by atoms with E-state index in [1.807, 2.05) is 60.7 Å². The second-order valence-corrected chi connectivity index (χ2v) is 17.1. The summed E-state index contributed by atoms with van der Waals surface area (Å²) in [5, 5.41) is 3.40. The Morgan fingerprint density at radius 2 is 1.20 bits per heavy atom. The third kappa shape index (κ3) is 5.01. The highest BCUT2D eigenvalue weighted by molar-refractivity contribution is 6.88. The van der Waals surface area contributed by atoms with E-state index in [4.69, 9.17) is 23.5 Å². The van der Waals surface area contributed by atoms with Gasteiger partial charge in [0, 0.05) is 27.5 Å². The number of hydrogen-bond acceptors (Lipinski definition) is 4. The van der Waals surface area contributed by atoms with E-state index in [0.29, 0.717) is 17.2 Å². The molecule has 0 fully saturated rings. The summed E-state index contributed by atoms with van der Waals surface area (Å²) in [4.78, 5) is 14.6. The molecular weight excluding hydrogens is 567 g/mol. The van der Waals surface area contributed by atoms with Crippen molar-refractivity contribution in [3.8, 4) is 45.3 Å². The molecule has 4 nitrogen and oxygen atoms in total. The van der Waals surface area contributed by atoms with Crippen LogP contribution >= 0.6 is 0 Å². The molecule has 0 aliphatic carbocycles. The molecular formula is C40H31N3OSi. The van der Waals surface area contributed by atoms with E-state index < -0.39 is 8.07 Å². The Hall–Kier alpha value is -5.39. The van der Waals surface area contributed by atoms with Crippen LogP contribution in [0.1, 0.15) is 8.22 Å². The van der Waals surface area contributed by atoms with Crippen molar-refractivity contribution < 1.29 is 12.6 Å². The van der Waals surface area contributed by atoms with Crippen molar-refractivity contribution in [1.29, 1.82) is 0 Å². The van der Waals surface area contributed by atoms with Crippen molar-refractivity contribution in [2.45, 2.75) is 19.6 Å². The maximum absolute atomic E-state index is 9.38. The van der Waals surface area contributed by atoms with Crippen LogP contribution < -0.4 is 5.19 Å². The summed E-state index contributed by atoms with van der Waals surface area (Å²) < 4.78 is 60.6. The molecule has 8 rings (SSSR count). The summed E-state index contributed by atoms with van der Waals surface area (Å²) in [5.41, 5.74) is 2.12. The first-order chi connectivity index (χ1) is 24.4. The number of aromatic nitrogens is 3. The minimum atomic E-state index is -1.58. The van der Waals surface area contributed by atoms with Gasteiger partial charge in [0.2, 0.25) is 0 Å². The topological polar surface area (TPSA) is 51.8 Å². The van der Waals surface area contributed by atoms with E-state index in [1.54, 1.807) is 24.3 Å². The Morgan fingerprint density at radius 1 is 0.511 bits per heavy atom. The molecule has 0 bridgehead atoms. The lowest BCUT2D eigenvalue weighted by Crippen LogP contribution is -2.37. The summed E-state index contributed by atoms with van der Waals surface area (Å²) in [6.45, 7) is 6.83. The Balaban J connectivity index is 1.41. The highest BCUT2D eigenvalue weighted by Gasteiger charge is 2.19. The highest BCUT2D eigenvalue weighted by atomic mass is 28.3. The van der Waals surface area contributed by atoms with E-state index in [2.05, 4.69) is 31.8 Å². The average Bonchev–Trinajstić information content (AvgIpc) is 3.55. The minimum Gasteiger partial charge on any atom is -0.456 e. The third-order valence-electron chi connectivity index (χ3n) is 7.97. The second kappa shape index (κ2) is 10.6. The lowest BCUT2D eigenvalue weighted by molar-refractivity contribution is 0.669. The quantitative estimate of drug-likeness (QED) is 0.184. The summed E-state index contributed by atoms with van der Waals surface area (Å²) in [6, 6.07) is 29.5. The second-order valence-electron chi connectivity index (χ2n) is 12.0. The Morgan fingerprint density at radius 3 is 2.00 bits per heavy atom. The van der Waals surface area contributed by atoms with Crippen molar-refractivity contribution in [3.05, 3.63) is 133 Å². The van der Waals surface area contributed by atoms with Gasteiger partial charge in [0.15, 0.2) is 17.5 Å². The van der Waals surface area contributed by atoms with E-state index in [-0.39, 0.29) is 75.1 Å². The van der Waals surface area contributed by atoms with Gasteiger partial charge in [-0.2, -0.15) is 0 Å². The van der Waals surface area contributed by atoms with Crippen LogP contribution in [0.3, 0.4) is 0 Å². The van der Waals surface area contributed by atoms with Crippen LogP contribution in [0.4, 0.5) is 0 Å². The molecule has 0 radical (unpaired) electrons. The molecule has 216 valence electrons. The van der Waals surface area contributed by atoms with Crippen molar-refractivity contribution in [2.24, 2.45) is 0 Å². The Bertz CT molecular complexity index is 2690.